The number of aliphatic hydroxyl groups is 2. The number of rotatable bonds is 12. The van der Waals surface area contributed by atoms with Crippen LogP contribution in [0.25, 0.3) is 0 Å². The third-order valence-corrected chi connectivity index (χ3v) is 7.14. The molecule has 0 saturated heterocycles. The van der Waals surface area contributed by atoms with E-state index < -0.39 is 36.6 Å². The molecule has 6 nitrogen and oxygen atoms in total. The molecule has 1 aliphatic carbocycles. The van der Waals surface area contributed by atoms with E-state index in [1.165, 1.54) is 0 Å². The summed E-state index contributed by atoms with van der Waals surface area (Å²) in [5.74, 6) is 0. The van der Waals surface area contributed by atoms with Gasteiger partial charge in [-0.15, -0.1) is 0 Å². The highest BCUT2D eigenvalue weighted by atomic mass is 16.6. The van der Waals surface area contributed by atoms with Crippen LogP contribution in [0.2, 0.25) is 0 Å². The van der Waals surface area contributed by atoms with Crippen LogP contribution in [0, 0.1) is 0 Å². The first kappa shape index (κ1) is 28.2. The Hall–Kier alpha value is -3.36. The van der Waals surface area contributed by atoms with Crippen LogP contribution in [0.3, 0.4) is 0 Å². The average Bonchev–Trinajstić information content (AvgIpc) is 3.01. The van der Waals surface area contributed by atoms with E-state index >= 15 is 0 Å². The van der Waals surface area contributed by atoms with Crippen LogP contribution in [0.5, 0.6) is 0 Å². The van der Waals surface area contributed by atoms with E-state index in [1.54, 1.807) is 0 Å². The lowest BCUT2D eigenvalue weighted by Crippen LogP contribution is -2.66. The van der Waals surface area contributed by atoms with Gasteiger partial charge in [0.15, 0.2) is 0 Å². The highest BCUT2D eigenvalue weighted by Gasteiger charge is 2.52. The Kier molecular flexibility index (Phi) is 10.1. The zero-order valence-corrected chi connectivity index (χ0v) is 22.4. The van der Waals surface area contributed by atoms with Crippen molar-refractivity contribution < 1.29 is 29.2 Å². The Labute approximate surface area is 235 Å². The summed E-state index contributed by atoms with van der Waals surface area (Å²) in [6.45, 7) is 1.03. The van der Waals surface area contributed by atoms with Crippen molar-refractivity contribution in [3.63, 3.8) is 0 Å². The van der Waals surface area contributed by atoms with Gasteiger partial charge in [-0.2, -0.15) is 0 Å². The molecule has 0 radical (unpaired) electrons. The van der Waals surface area contributed by atoms with E-state index in [-0.39, 0.29) is 26.4 Å². The zero-order valence-electron chi connectivity index (χ0n) is 22.4. The third kappa shape index (κ3) is 7.43. The summed E-state index contributed by atoms with van der Waals surface area (Å²) >= 11 is 0. The molecule has 4 aromatic carbocycles. The van der Waals surface area contributed by atoms with Crippen LogP contribution in [0.4, 0.5) is 0 Å². The Morgan fingerprint density at radius 2 is 0.600 bits per heavy atom. The smallest absolute Gasteiger partial charge is 0.116 e. The maximum Gasteiger partial charge on any atom is 0.116 e. The van der Waals surface area contributed by atoms with Crippen LogP contribution in [0.15, 0.2) is 121 Å². The molecule has 6 atom stereocenters. The lowest BCUT2D eigenvalue weighted by Gasteiger charge is -2.47. The van der Waals surface area contributed by atoms with Crippen molar-refractivity contribution in [3.8, 4) is 0 Å². The summed E-state index contributed by atoms with van der Waals surface area (Å²) in [7, 11) is 0. The molecule has 40 heavy (non-hydrogen) atoms. The van der Waals surface area contributed by atoms with Gasteiger partial charge in [0.1, 0.15) is 36.6 Å². The number of hydrogen-bond acceptors (Lipinski definition) is 6. The van der Waals surface area contributed by atoms with Gasteiger partial charge >= 0.3 is 0 Å². The van der Waals surface area contributed by atoms with Crippen molar-refractivity contribution in [1.29, 1.82) is 0 Å². The minimum Gasteiger partial charge on any atom is -0.387 e. The van der Waals surface area contributed by atoms with Crippen LogP contribution in [-0.2, 0) is 45.4 Å². The topological polar surface area (TPSA) is 77.4 Å². The zero-order chi connectivity index (χ0) is 27.6. The van der Waals surface area contributed by atoms with Gasteiger partial charge in [-0.3, -0.25) is 0 Å². The van der Waals surface area contributed by atoms with Crippen LogP contribution in [-0.4, -0.2) is 46.8 Å². The number of aliphatic hydroxyl groups excluding tert-OH is 2. The molecular formula is C34H36O6. The number of ether oxygens (including phenoxy) is 4. The molecule has 0 bridgehead atoms. The molecule has 2 N–H and O–H groups in total. The molecule has 2 unspecified atom stereocenters. The van der Waals surface area contributed by atoms with Crippen molar-refractivity contribution >= 4 is 0 Å². The fourth-order valence-electron chi connectivity index (χ4n) is 4.99. The maximum atomic E-state index is 11.6. The fraction of sp³-hybridized carbons (Fsp3) is 0.294. The summed E-state index contributed by atoms with van der Waals surface area (Å²) in [5, 5.41) is 23.2. The Balaban J connectivity index is 1.41. The van der Waals surface area contributed by atoms with E-state index in [0.29, 0.717) is 0 Å². The van der Waals surface area contributed by atoms with E-state index in [4.69, 9.17) is 18.9 Å². The molecule has 4 aromatic rings. The summed E-state index contributed by atoms with van der Waals surface area (Å²) in [6.07, 6.45) is -5.63. The molecule has 0 spiro atoms. The quantitative estimate of drug-likeness (QED) is 0.262. The molecule has 6 heteroatoms. The largest absolute Gasteiger partial charge is 0.387 e. The molecular weight excluding hydrogens is 504 g/mol. The summed E-state index contributed by atoms with van der Waals surface area (Å²) in [4.78, 5) is 0. The van der Waals surface area contributed by atoms with Crippen LogP contribution < -0.4 is 0 Å². The molecule has 1 saturated carbocycles. The lowest BCUT2D eigenvalue weighted by molar-refractivity contribution is -0.273. The van der Waals surface area contributed by atoms with Crippen LogP contribution >= 0.6 is 0 Å². The van der Waals surface area contributed by atoms with E-state index in [2.05, 4.69) is 0 Å². The summed E-state index contributed by atoms with van der Waals surface area (Å²) in [6, 6.07) is 39.0. The number of benzene rings is 4. The van der Waals surface area contributed by atoms with Crippen molar-refractivity contribution in [2.24, 2.45) is 0 Å². The Morgan fingerprint density at radius 1 is 0.350 bits per heavy atom. The average molecular weight is 541 g/mol. The van der Waals surface area contributed by atoms with Crippen molar-refractivity contribution in [1.82, 2.24) is 0 Å². The first-order valence-corrected chi connectivity index (χ1v) is 13.7. The molecule has 5 rings (SSSR count). The van der Waals surface area contributed by atoms with Crippen molar-refractivity contribution in [3.05, 3.63) is 144 Å². The minimum atomic E-state index is -1.15. The van der Waals surface area contributed by atoms with Crippen molar-refractivity contribution in [2.75, 3.05) is 0 Å². The standard InChI is InChI=1S/C34H36O6/c35-29-31(37-21-25-13-5-1-6-14-25)30(36)33(39-23-27-17-9-3-10-18-27)34(40-24-28-19-11-4-12-20-28)32(29)38-22-26-15-7-2-8-16-26/h1-20,29-36H,21-24H2/t29-,30+,31?,32+,33-,34?. The SMILES string of the molecule is O[C@@H]1C(OCc2ccccc2)[C@H](O)[C@@H](OCc2ccccc2)C(OCc2ccccc2)[C@H]1OCc1ccccc1. The second kappa shape index (κ2) is 14.3. The van der Waals surface area contributed by atoms with Gasteiger partial charge in [0.25, 0.3) is 0 Å². The van der Waals surface area contributed by atoms with Crippen molar-refractivity contribution in [2.45, 2.75) is 63.1 Å². The molecule has 1 aliphatic rings. The molecule has 0 amide bonds. The van der Waals surface area contributed by atoms with E-state index in [9.17, 15) is 10.2 Å². The first-order chi connectivity index (χ1) is 19.7. The van der Waals surface area contributed by atoms with Gasteiger partial charge in [0.2, 0.25) is 0 Å². The number of hydrogen-bond donors (Lipinski definition) is 2. The molecule has 208 valence electrons. The van der Waals surface area contributed by atoms with Gasteiger partial charge in [-0.05, 0) is 22.3 Å². The monoisotopic (exact) mass is 540 g/mol. The van der Waals surface area contributed by atoms with Gasteiger partial charge in [0, 0.05) is 0 Å². The van der Waals surface area contributed by atoms with Gasteiger partial charge in [-0.1, -0.05) is 121 Å². The summed E-state index contributed by atoms with van der Waals surface area (Å²) in [5.41, 5.74) is 3.84. The van der Waals surface area contributed by atoms with Gasteiger partial charge in [0.05, 0.1) is 26.4 Å². The normalized spacial score (nSPS) is 24.6. The third-order valence-electron chi connectivity index (χ3n) is 7.14. The van der Waals surface area contributed by atoms with Gasteiger partial charge in [-0.25, -0.2) is 0 Å². The molecule has 0 heterocycles. The second-order valence-electron chi connectivity index (χ2n) is 10.0. The lowest BCUT2D eigenvalue weighted by atomic mass is 9.84. The molecule has 0 aliphatic heterocycles. The minimum absolute atomic E-state index is 0.228. The fourth-order valence-corrected chi connectivity index (χ4v) is 4.99. The van der Waals surface area contributed by atoms with Gasteiger partial charge < -0.3 is 29.2 Å². The first-order valence-electron chi connectivity index (χ1n) is 13.7. The second-order valence-corrected chi connectivity index (χ2v) is 10.0. The Bertz CT molecular complexity index is 1200. The Morgan fingerprint density at radius 3 is 0.900 bits per heavy atom. The summed E-state index contributed by atoms with van der Waals surface area (Å²) < 4.78 is 25.2. The predicted molar refractivity (Wildman–Crippen MR) is 152 cm³/mol. The highest BCUT2D eigenvalue weighted by molar-refractivity contribution is 5.17. The highest BCUT2D eigenvalue weighted by Crippen LogP contribution is 2.32. The molecule has 0 aromatic heterocycles. The van der Waals surface area contributed by atoms with E-state index in [0.717, 1.165) is 22.3 Å². The predicted octanol–water partition coefficient (Wildman–Crippen LogP) is 5.06. The van der Waals surface area contributed by atoms with E-state index in [1.807, 2.05) is 121 Å². The van der Waals surface area contributed by atoms with Crippen LogP contribution in [0.1, 0.15) is 22.3 Å². The molecule has 1 fully saturated rings. The maximum absolute atomic E-state index is 11.6.